The number of nitrogens with zero attached hydrogens (tertiary/aromatic N) is 1. The molecule has 1 aromatic rings. The van der Waals surface area contributed by atoms with E-state index in [1.54, 1.807) is 12.1 Å². The summed E-state index contributed by atoms with van der Waals surface area (Å²) < 4.78 is 0. The Morgan fingerprint density at radius 1 is 1.36 bits per heavy atom. The molecule has 1 atom stereocenters. The van der Waals surface area contributed by atoms with Gasteiger partial charge in [0, 0.05) is 0 Å². The van der Waals surface area contributed by atoms with Crippen molar-refractivity contribution in [3.8, 4) is 0 Å². The van der Waals surface area contributed by atoms with Crippen LogP contribution in [0.3, 0.4) is 0 Å². The first-order valence-electron chi connectivity index (χ1n) is 3.10. The first-order chi connectivity index (χ1) is 5.34. The number of hydrogen-bond donors (Lipinski definition) is 0. The van der Waals surface area contributed by atoms with E-state index in [9.17, 15) is 4.79 Å². The van der Waals surface area contributed by atoms with E-state index in [1.165, 1.54) is 6.08 Å². The van der Waals surface area contributed by atoms with Gasteiger partial charge in [0.1, 0.15) is 0 Å². The van der Waals surface area contributed by atoms with Crippen LogP contribution in [-0.4, -0.2) is 6.08 Å². The van der Waals surface area contributed by atoms with Crippen LogP contribution >= 0.6 is 11.6 Å². The van der Waals surface area contributed by atoms with Crippen molar-refractivity contribution in [3.05, 3.63) is 35.9 Å². The number of benzene rings is 1. The van der Waals surface area contributed by atoms with Gasteiger partial charge in [0.15, 0.2) is 5.50 Å². The van der Waals surface area contributed by atoms with E-state index in [1.807, 2.05) is 18.2 Å². The molecule has 2 nitrogen and oxygen atoms in total. The van der Waals surface area contributed by atoms with Gasteiger partial charge in [-0.2, -0.15) is 4.99 Å². The van der Waals surface area contributed by atoms with Gasteiger partial charge in [-0.05, 0) is 5.56 Å². The number of halogens is 1. The maximum absolute atomic E-state index is 9.81. The summed E-state index contributed by atoms with van der Waals surface area (Å²) in [6.07, 6.45) is 1.41. The Bertz CT molecular complexity index is 267. The summed E-state index contributed by atoms with van der Waals surface area (Å²) in [5, 5.41) is 0. The van der Waals surface area contributed by atoms with E-state index in [4.69, 9.17) is 11.6 Å². The Labute approximate surface area is 69.5 Å². The molecule has 56 valence electrons. The van der Waals surface area contributed by atoms with Crippen LogP contribution in [-0.2, 0) is 4.79 Å². The largest absolute Gasteiger partial charge is 0.236 e. The van der Waals surface area contributed by atoms with Gasteiger partial charge in [-0.15, -0.1) is 0 Å². The second-order valence-corrected chi connectivity index (χ2v) is 2.38. The smallest absolute Gasteiger partial charge is 0.211 e. The van der Waals surface area contributed by atoms with Gasteiger partial charge in [0.25, 0.3) is 0 Å². The molecule has 0 aliphatic heterocycles. The van der Waals surface area contributed by atoms with Crippen molar-refractivity contribution in [3.63, 3.8) is 0 Å². The number of aliphatic imine (C=N–C) groups is 1. The van der Waals surface area contributed by atoms with Crippen LogP contribution in [0.4, 0.5) is 0 Å². The molecule has 0 N–H and O–H groups in total. The molecule has 1 unspecified atom stereocenters. The summed E-state index contributed by atoms with van der Waals surface area (Å²) >= 11 is 5.68. The Hall–Kier alpha value is -1.11. The molecule has 1 aromatic carbocycles. The molecule has 3 heteroatoms. The molecule has 0 aliphatic carbocycles. The second kappa shape index (κ2) is 3.91. The predicted octanol–water partition coefficient (Wildman–Crippen LogP) is 2.26. The van der Waals surface area contributed by atoms with Gasteiger partial charge in [-0.25, -0.2) is 4.79 Å². The zero-order valence-electron chi connectivity index (χ0n) is 5.70. The lowest BCUT2D eigenvalue weighted by molar-refractivity contribution is 0.562. The third-order valence-corrected chi connectivity index (χ3v) is 1.59. The average Bonchev–Trinajstić information content (AvgIpc) is 2.07. The molecule has 0 fully saturated rings. The maximum Gasteiger partial charge on any atom is 0.236 e. The van der Waals surface area contributed by atoms with E-state index in [2.05, 4.69) is 4.99 Å². The highest BCUT2D eigenvalue weighted by Crippen LogP contribution is 2.19. The highest BCUT2D eigenvalue weighted by Gasteiger charge is 2.02. The molecule has 0 aliphatic rings. The zero-order valence-corrected chi connectivity index (χ0v) is 6.45. The van der Waals surface area contributed by atoms with Gasteiger partial charge in [-0.3, -0.25) is 0 Å². The topological polar surface area (TPSA) is 29.4 Å². The summed E-state index contributed by atoms with van der Waals surface area (Å²) in [4.78, 5) is 13.2. The van der Waals surface area contributed by atoms with E-state index in [0.29, 0.717) is 0 Å². The second-order valence-electron chi connectivity index (χ2n) is 1.97. The quantitative estimate of drug-likeness (QED) is 0.288. The lowest BCUT2D eigenvalue weighted by Gasteiger charge is -1.99. The van der Waals surface area contributed by atoms with Gasteiger partial charge in [-0.1, -0.05) is 41.9 Å². The summed E-state index contributed by atoms with van der Waals surface area (Å²) in [5.41, 5.74) is 0.200. The first kappa shape index (κ1) is 7.99. The van der Waals surface area contributed by atoms with Gasteiger partial charge in [0.2, 0.25) is 6.08 Å². The summed E-state index contributed by atoms with van der Waals surface area (Å²) in [6.45, 7) is 0. The Morgan fingerprint density at radius 2 is 2.00 bits per heavy atom. The molecule has 0 bridgehead atoms. The summed E-state index contributed by atoms with van der Waals surface area (Å²) in [7, 11) is 0. The third-order valence-electron chi connectivity index (χ3n) is 1.24. The SMILES string of the molecule is O=C=NC(Cl)c1ccccc1. The first-order valence-corrected chi connectivity index (χ1v) is 3.54. The van der Waals surface area contributed by atoms with Crippen molar-refractivity contribution in [1.29, 1.82) is 0 Å². The molecule has 0 aromatic heterocycles. The van der Waals surface area contributed by atoms with Crippen LogP contribution in [0, 0.1) is 0 Å². The van der Waals surface area contributed by atoms with Crippen molar-refractivity contribution in [2.75, 3.05) is 0 Å². The highest BCUT2D eigenvalue weighted by atomic mass is 35.5. The molecule has 0 saturated heterocycles. The van der Waals surface area contributed by atoms with Crippen LogP contribution in [0.25, 0.3) is 0 Å². The third kappa shape index (κ3) is 2.19. The number of hydrogen-bond acceptors (Lipinski definition) is 2. The standard InChI is InChI=1S/C8H6ClNO/c9-8(10-6-11)7-4-2-1-3-5-7/h1-5,8H. The molecular weight excluding hydrogens is 162 g/mol. The number of alkyl halides is 1. The molecule has 0 spiro atoms. The molecule has 1 rings (SSSR count). The normalized spacial score (nSPS) is 11.7. The Morgan fingerprint density at radius 3 is 2.55 bits per heavy atom. The van der Waals surface area contributed by atoms with E-state index in [-0.39, 0.29) is 0 Å². The molecule has 11 heavy (non-hydrogen) atoms. The maximum atomic E-state index is 9.81. The van der Waals surface area contributed by atoms with Crippen molar-refractivity contribution in [2.24, 2.45) is 4.99 Å². The van der Waals surface area contributed by atoms with Crippen LogP contribution in [0.2, 0.25) is 0 Å². The zero-order chi connectivity index (χ0) is 8.10. The minimum atomic E-state index is -0.603. The van der Waals surface area contributed by atoms with E-state index >= 15 is 0 Å². The number of carbonyl (C=O) groups excluding carboxylic acids is 1. The van der Waals surface area contributed by atoms with Crippen LogP contribution in [0.1, 0.15) is 11.1 Å². The lowest BCUT2D eigenvalue weighted by atomic mass is 10.2. The van der Waals surface area contributed by atoms with Crippen molar-refractivity contribution in [2.45, 2.75) is 5.50 Å². The van der Waals surface area contributed by atoms with Crippen molar-refractivity contribution in [1.82, 2.24) is 0 Å². The Balaban J connectivity index is 2.84. The fourth-order valence-electron chi connectivity index (χ4n) is 0.733. The minimum absolute atomic E-state index is 0.603. The van der Waals surface area contributed by atoms with Crippen LogP contribution in [0.15, 0.2) is 35.3 Å². The van der Waals surface area contributed by atoms with Crippen molar-refractivity contribution >= 4 is 17.7 Å². The molecule has 0 heterocycles. The summed E-state index contributed by atoms with van der Waals surface area (Å²) in [6, 6.07) is 9.16. The number of isocyanates is 1. The monoisotopic (exact) mass is 167 g/mol. The fraction of sp³-hybridized carbons (Fsp3) is 0.125. The van der Waals surface area contributed by atoms with E-state index < -0.39 is 5.50 Å². The fourth-order valence-corrected chi connectivity index (χ4v) is 0.918. The highest BCUT2D eigenvalue weighted by molar-refractivity contribution is 6.20. The van der Waals surface area contributed by atoms with Crippen LogP contribution in [0.5, 0.6) is 0 Å². The van der Waals surface area contributed by atoms with Crippen LogP contribution < -0.4 is 0 Å². The molecule has 0 saturated carbocycles. The predicted molar refractivity (Wildman–Crippen MR) is 43.2 cm³/mol. The van der Waals surface area contributed by atoms with Crippen molar-refractivity contribution < 1.29 is 4.79 Å². The molecular formula is C8H6ClNO. The Kier molecular flexibility index (Phi) is 2.84. The van der Waals surface area contributed by atoms with E-state index in [0.717, 1.165) is 5.56 Å². The van der Waals surface area contributed by atoms with Gasteiger partial charge >= 0.3 is 0 Å². The minimum Gasteiger partial charge on any atom is -0.211 e. The molecule has 0 amide bonds. The van der Waals surface area contributed by atoms with Gasteiger partial charge < -0.3 is 0 Å². The number of rotatable bonds is 2. The molecule has 0 radical (unpaired) electrons. The average molecular weight is 168 g/mol. The van der Waals surface area contributed by atoms with Gasteiger partial charge in [0.05, 0.1) is 0 Å². The lowest BCUT2D eigenvalue weighted by Crippen LogP contribution is -1.83. The summed E-state index contributed by atoms with van der Waals surface area (Å²) in [5.74, 6) is 0.